The van der Waals surface area contributed by atoms with E-state index in [4.69, 9.17) is 4.52 Å². The van der Waals surface area contributed by atoms with E-state index in [1.54, 1.807) is 24.7 Å². The number of carbonyl (C=O) groups is 1. The molecule has 3 heterocycles. The second kappa shape index (κ2) is 7.02. The predicted octanol–water partition coefficient (Wildman–Crippen LogP) is 3.30. The van der Waals surface area contributed by atoms with Gasteiger partial charge in [0.25, 0.3) is 5.91 Å². The summed E-state index contributed by atoms with van der Waals surface area (Å²) in [5.74, 6) is 0.279. The Kier molecular flexibility index (Phi) is 4.26. The number of aromatic nitrogens is 4. The third-order valence-corrected chi connectivity index (χ3v) is 3.93. The molecule has 0 atom stereocenters. The highest BCUT2D eigenvalue weighted by atomic mass is 16.5. The van der Waals surface area contributed by atoms with E-state index in [1.165, 1.54) is 6.20 Å². The number of hydrogen-bond acceptors (Lipinski definition) is 5. The van der Waals surface area contributed by atoms with E-state index >= 15 is 0 Å². The molecule has 1 aromatic carbocycles. The van der Waals surface area contributed by atoms with E-state index in [1.807, 2.05) is 36.4 Å². The summed E-state index contributed by atoms with van der Waals surface area (Å²) in [4.78, 5) is 16.7. The Labute approximate surface area is 149 Å². The molecule has 0 aliphatic rings. The molecular formula is C19H15N5O2. The maximum atomic E-state index is 12.5. The van der Waals surface area contributed by atoms with Crippen molar-refractivity contribution in [3.05, 3.63) is 84.3 Å². The van der Waals surface area contributed by atoms with Crippen LogP contribution in [0.15, 0.2) is 71.8 Å². The van der Waals surface area contributed by atoms with Crippen molar-refractivity contribution in [3.63, 3.8) is 0 Å². The molecule has 7 heteroatoms. The van der Waals surface area contributed by atoms with E-state index in [9.17, 15) is 4.79 Å². The van der Waals surface area contributed by atoms with Crippen molar-refractivity contribution in [2.45, 2.75) is 6.42 Å². The number of benzene rings is 1. The van der Waals surface area contributed by atoms with Crippen molar-refractivity contribution in [3.8, 4) is 11.1 Å². The van der Waals surface area contributed by atoms with E-state index in [2.05, 4.69) is 25.7 Å². The first-order chi connectivity index (χ1) is 12.8. The number of rotatable bonds is 5. The molecule has 0 spiro atoms. The Bertz CT molecular complexity index is 992. The number of nitrogens with one attached hydrogen (secondary N) is 2. The van der Waals surface area contributed by atoms with Crippen LogP contribution in [-0.2, 0) is 6.42 Å². The molecule has 0 unspecified atom stereocenters. The Morgan fingerprint density at radius 3 is 2.65 bits per heavy atom. The maximum absolute atomic E-state index is 12.5. The fourth-order valence-electron chi connectivity index (χ4n) is 2.57. The molecule has 128 valence electrons. The van der Waals surface area contributed by atoms with Crippen LogP contribution in [0.5, 0.6) is 0 Å². The summed E-state index contributed by atoms with van der Waals surface area (Å²) in [5, 5.41) is 13.2. The lowest BCUT2D eigenvalue weighted by atomic mass is 10.1. The second-order valence-electron chi connectivity index (χ2n) is 5.70. The second-order valence-corrected chi connectivity index (χ2v) is 5.70. The van der Waals surface area contributed by atoms with Crippen molar-refractivity contribution in [2.75, 3.05) is 5.32 Å². The third-order valence-electron chi connectivity index (χ3n) is 3.93. The van der Waals surface area contributed by atoms with Crippen molar-refractivity contribution in [1.29, 1.82) is 0 Å². The lowest BCUT2D eigenvalue weighted by Gasteiger charge is -2.05. The van der Waals surface area contributed by atoms with Crippen molar-refractivity contribution in [1.82, 2.24) is 20.3 Å². The minimum atomic E-state index is -0.318. The van der Waals surface area contributed by atoms with Crippen LogP contribution in [0.3, 0.4) is 0 Å². The predicted molar refractivity (Wildman–Crippen MR) is 95.5 cm³/mol. The molecule has 26 heavy (non-hydrogen) atoms. The average Bonchev–Trinajstić information content (AvgIpc) is 3.35. The number of hydrogen-bond donors (Lipinski definition) is 2. The van der Waals surface area contributed by atoms with Crippen LogP contribution < -0.4 is 5.32 Å². The molecule has 0 aliphatic carbocycles. The molecular weight excluding hydrogens is 330 g/mol. The SMILES string of the molecule is O=C(Nc1cnoc1Cc1ccccc1)c1ccc(-c2cn[nH]c2)cn1. The smallest absolute Gasteiger partial charge is 0.274 e. The Morgan fingerprint density at radius 1 is 1.04 bits per heavy atom. The Morgan fingerprint density at radius 2 is 1.92 bits per heavy atom. The topological polar surface area (TPSA) is 96.7 Å². The van der Waals surface area contributed by atoms with Gasteiger partial charge in [-0.3, -0.25) is 14.9 Å². The molecule has 0 saturated heterocycles. The number of nitrogens with zero attached hydrogens (tertiary/aromatic N) is 3. The molecule has 4 aromatic rings. The molecule has 7 nitrogen and oxygen atoms in total. The van der Waals surface area contributed by atoms with Gasteiger partial charge in [-0.15, -0.1) is 0 Å². The maximum Gasteiger partial charge on any atom is 0.274 e. The fourth-order valence-corrected chi connectivity index (χ4v) is 2.57. The molecule has 0 radical (unpaired) electrons. The summed E-state index contributed by atoms with van der Waals surface area (Å²) in [7, 11) is 0. The van der Waals surface area contributed by atoms with Gasteiger partial charge in [-0.25, -0.2) is 0 Å². The molecule has 2 N–H and O–H groups in total. The van der Waals surface area contributed by atoms with Gasteiger partial charge in [-0.2, -0.15) is 5.10 Å². The van der Waals surface area contributed by atoms with Crippen LogP contribution in [0.2, 0.25) is 0 Å². The van der Waals surface area contributed by atoms with Crippen LogP contribution >= 0.6 is 0 Å². The molecule has 0 fully saturated rings. The van der Waals surface area contributed by atoms with Gasteiger partial charge >= 0.3 is 0 Å². The zero-order valence-corrected chi connectivity index (χ0v) is 13.7. The Balaban J connectivity index is 1.48. The molecule has 3 aromatic heterocycles. The Hall–Kier alpha value is -3.74. The van der Waals surface area contributed by atoms with Crippen molar-refractivity contribution >= 4 is 11.6 Å². The number of aromatic amines is 1. The zero-order valence-electron chi connectivity index (χ0n) is 13.7. The largest absolute Gasteiger partial charge is 0.359 e. The van der Waals surface area contributed by atoms with E-state index in [0.29, 0.717) is 23.6 Å². The van der Waals surface area contributed by atoms with E-state index in [-0.39, 0.29) is 5.91 Å². The normalized spacial score (nSPS) is 10.6. The third kappa shape index (κ3) is 3.36. The summed E-state index contributed by atoms with van der Waals surface area (Å²) >= 11 is 0. The van der Waals surface area contributed by atoms with Crippen LogP contribution in [0.25, 0.3) is 11.1 Å². The first-order valence-electron chi connectivity index (χ1n) is 8.03. The zero-order chi connectivity index (χ0) is 17.8. The lowest BCUT2D eigenvalue weighted by Crippen LogP contribution is -2.14. The number of amides is 1. The first kappa shape index (κ1) is 15.8. The average molecular weight is 345 g/mol. The molecule has 1 amide bonds. The van der Waals surface area contributed by atoms with Gasteiger partial charge in [0.15, 0.2) is 5.76 Å². The van der Waals surface area contributed by atoms with Gasteiger partial charge in [-0.1, -0.05) is 41.6 Å². The highest BCUT2D eigenvalue weighted by molar-refractivity contribution is 6.03. The fraction of sp³-hybridized carbons (Fsp3) is 0.0526. The van der Waals surface area contributed by atoms with Crippen LogP contribution in [-0.4, -0.2) is 26.2 Å². The molecule has 0 saturated carbocycles. The number of carbonyl (C=O) groups excluding carboxylic acids is 1. The monoisotopic (exact) mass is 345 g/mol. The molecule has 0 bridgehead atoms. The summed E-state index contributed by atoms with van der Waals surface area (Å²) in [6, 6.07) is 13.3. The first-order valence-corrected chi connectivity index (χ1v) is 8.03. The van der Waals surface area contributed by atoms with Gasteiger partial charge in [0.1, 0.15) is 11.4 Å². The lowest BCUT2D eigenvalue weighted by molar-refractivity contribution is 0.102. The summed E-state index contributed by atoms with van der Waals surface area (Å²) in [6.45, 7) is 0. The summed E-state index contributed by atoms with van der Waals surface area (Å²) in [5.41, 5.74) is 3.71. The summed E-state index contributed by atoms with van der Waals surface area (Å²) < 4.78 is 5.28. The van der Waals surface area contributed by atoms with Gasteiger partial charge in [0, 0.05) is 29.9 Å². The van der Waals surface area contributed by atoms with Gasteiger partial charge in [-0.05, 0) is 11.6 Å². The van der Waals surface area contributed by atoms with Gasteiger partial charge in [0.05, 0.1) is 12.4 Å². The highest BCUT2D eigenvalue weighted by Crippen LogP contribution is 2.20. The molecule has 0 aliphatic heterocycles. The minimum absolute atomic E-state index is 0.309. The number of pyridine rings is 1. The quantitative estimate of drug-likeness (QED) is 0.578. The summed E-state index contributed by atoms with van der Waals surface area (Å²) in [6.07, 6.45) is 7.14. The number of anilines is 1. The van der Waals surface area contributed by atoms with Gasteiger partial charge in [0.2, 0.25) is 0 Å². The highest BCUT2D eigenvalue weighted by Gasteiger charge is 2.14. The van der Waals surface area contributed by atoms with Crippen molar-refractivity contribution < 1.29 is 9.32 Å². The van der Waals surface area contributed by atoms with E-state index < -0.39 is 0 Å². The van der Waals surface area contributed by atoms with Crippen LogP contribution in [0.1, 0.15) is 21.8 Å². The number of H-pyrrole nitrogens is 1. The van der Waals surface area contributed by atoms with Crippen LogP contribution in [0.4, 0.5) is 5.69 Å². The van der Waals surface area contributed by atoms with Crippen molar-refractivity contribution in [2.24, 2.45) is 0 Å². The van der Waals surface area contributed by atoms with Gasteiger partial charge < -0.3 is 9.84 Å². The molecule has 4 rings (SSSR count). The van der Waals surface area contributed by atoms with E-state index in [0.717, 1.165) is 16.7 Å². The minimum Gasteiger partial charge on any atom is -0.359 e. The standard InChI is InChI=1S/C19H15N5O2/c25-19(16-7-6-14(9-20-16)15-10-21-22-11-15)24-17-12-23-26-18(17)8-13-4-2-1-3-5-13/h1-7,9-12H,8H2,(H,21,22)(H,24,25). The van der Waals surface area contributed by atoms with Crippen LogP contribution in [0, 0.1) is 0 Å².